The molecular formula is C41H48F5N3O7. The minimum atomic E-state index is -2.41. The number of hydrogen-bond acceptors (Lipinski definition) is 7. The second kappa shape index (κ2) is 17.8. The fourth-order valence-electron chi connectivity index (χ4n) is 6.85. The van der Waals surface area contributed by atoms with Gasteiger partial charge >= 0.3 is 12.1 Å². The number of likely N-dealkylation sites (N-methyl/N-ethyl adjacent to an activating group) is 2. The third-order valence-electron chi connectivity index (χ3n) is 10.7. The zero-order valence-corrected chi connectivity index (χ0v) is 32.8. The molecule has 0 radical (unpaired) electrons. The molecule has 3 amide bonds. The minimum Gasteiger partial charge on any atom is -0.448 e. The van der Waals surface area contributed by atoms with Gasteiger partial charge in [-0.25, -0.2) is 18.0 Å². The van der Waals surface area contributed by atoms with E-state index in [4.69, 9.17) is 9.47 Å². The van der Waals surface area contributed by atoms with E-state index in [0.29, 0.717) is 6.42 Å². The van der Waals surface area contributed by atoms with Crippen LogP contribution in [0.4, 0.5) is 26.7 Å². The number of carbonyl (C=O) groups is 4. The zero-order valence-electron chi connectivity index (χ0n) is 32.8. The van der Waals surface area contributed by atoms with Gasteiger partial charge < -0.3 is 24.4 Å². The molecule has 0 heterocycles. The molecule has 0 saturated carbocycles. The highest BCUT2D eigenvalue weighted by atomic mass is 19.2. The summed E-state index contributed by atoms with van der Waals surface area (Å²) in [5, 5.41) is 2.77. The van der Waals surface area contributed by atoms with Crippen LogP contribution >= 0.6 is 0 Å². The lowest BCUT2D eigenvalue weighted by Crippen LogP contribution is -2.62. The number of methoxy groups -OCH3 is 1. The number of nitrogens with zero attached hydrogens (tertiary/aromatic N) is 2. The molecule has 0 aromatic heterocycles. The molecule has 0 aliphatic heterocycles. The number of rotatable bonds is 15. The monoisotopic (exact) mass is 789 g/mol. The predicted octanol–water partition coefficient (Wildman–Crippen LogP) is 7.37. The van der Waals surface area contributed by atoms with Gasteiger partial charge in [-0.1, -0.05) is 82.6 Å². The summed E-state index contributed by atoms with van der Waals surface area (Å²) in [5.74, 6) is -17.1. The van der Waals surface area contributed by atoms with Gasteiger partial charge in [0.05, 0.1) is 18.6 Å². The van der Waals surface area contributed by atoms with Crippen molar-refractivity contribution < 1.29 is 55.3 Å². The van der Waals surface area contributed by atoms with Crippen molar-refractivity contribution in [3.05, 3.63) is 88.7 Å². The Morgan fingerprint density at radius 2 is 1.32 bits per heavy atom. The Morgan fingerprint density at radius 1 is 0.821 bits per heavy atom. The number of amides is 3. The fourth-order valence-corrected chi connectivity index (χ4v) is 6.85. The molecular weight excluding hydrogens is 741 g/mol. The third-order valence-corrected chi connectivity index (χ3v) is 10.7. The molecule has 56 heavy (non-hydrogen) atoms. The summed E-state index contributed by atoms with van der Waals surface area (Å²) in [6.07, 6.45) is -2.24. The molecule has 10 nitrogen and oxygen atoms in total. The molecule has 1 N–H and O–H groups in total. The number of halogens is 5. The number of benzene rings is 3. The molecule has 1 aliphatic carbocycles. The summed E-state index contributed by atoms with van der Waals surface area (Å²) in [4.78, 5) is 56.8. The smallest absolute Gasteiger partial charge is 0.410 e. The number of nitrogens with one attached hydrogen (secondary N) is 1. The van der Waals surface area contributed by atoms with Crippen LogP contribution in [0.3, 0.4) is 0 Å². The molecule has 304 valence electrons. The van der Waals surface area contributed by atoms with E-state index in [1.165, 1.54) is 40.0 Å². The predicted molar refractivity (Wildman–Crippen MR) is 197 cm³/mol. The van der Waals surface area contributed by atoms with Crippen LogP contribution in [0.1, 0.15) is 71.4 Å². The fraction of sp³-hybridized carbons (Fsp3) is 0.463. The van der Waals surface area contributed by atoms with Crippen molar-refractivity contribution >= 4 is 23.9 Å². The molecule has 4 atom stereocenters. The van der Waals surface area contributed by atoms with E-state index in [1.807, 2.05) is 48.5 Å². The second-order valence-corrected chi connectivity index (χ2v) is 14.8. The normalized spacial score (nSPS) is 14.6. The highest BCUT2D eigenvalue weighted by Gasteiger charge is 2.42. The van der Waals surface area contributed by atoms with Gasteiger partial charge in [-0.15, -0.1) is 0 Å². The van der Waals surface area contributed by atoms with Crippen LogP contribution in [-0.2, 0) is 23.9 Å². The number of esters is 1. The van der Waals surface area contributed by atoms with E-state index in [9.17, 15) is 41.1 Å². The maximum absolute atomic E-state index is 14.3. The van der Waals surface area contributed by atoms with Gasteiger partial charge in [-0.3, -0.25) is 19.3 Å². The lowest BCUT2D eigenvalue weighted by atomic mass is 9.90. The van der Waals surface area contributed by atoms with Gasteiger partial charge in [0.1, 0.15) is 18.2 Å². The van der Waals surface area contributed by atoms with E-state index in [2.05, 4.69) is 10.1 Å². The lowest BCUT2D eigenvalue weighted by Gasteiger charge is -2.40. The molecule has 4 rings (SSSR count). The molecule has 0 fully saturated rings. The van der Waals surface area contributed by atoms with Crippen LogP contribution in [-0.4, -0.2) is 85.2 Å². The molecule has 0 saturated heterocycles. The topological polar surface area (TPSA) is 114 Å². The summed E-state index contributed by atoms with van der Waals surface area (Å²) in [6, 6.07) is 13.7. The SMILES string of the molecule is CC[C@H](C)C(C(CC(=O)Oc1c(F)c(F)c(F)c(F)c1F)OC)N(C)C(=O)[C@@H](NC(=O)C(C)(C)N(C)C(=O)OCC1c2ccccc2-c2ccccc21)C(C)C. The largest absolute Gasteiger partial charge is 0.448 e. The molecule has 3 aromatic carbocycles. The maximum Gasteiger partial charge on any atom is 0.410 e. The summed E-state index contributed by atoms with van der Waals surface area (Å²) in [6.45, 7) is 10.0. The van der Waals surface area contributed by atoms with E-state index in [-0.39, 0.29) is 18.4 Å². The standard InChI is InChI=1S/C41H48F5N3O7/c1-10-22(4)36(28(54-9)19-29(50)56-37-33(45)31(43)30(42)32(44)34(37)46)48(7)38(51)35(21(2)3)47-39(52)41(5,6)49(8)40(53)55-20-27-25-17-13-11-15-23(25)24-16-12-14-18-26(24)27/h11-18,21-22,27-28,35-36H,10,19-20H2,1-9H3,(H,47,52)/t22-,28?,35-,36?/m0/s1. The minimum absolute atomic E-state index is 0.0273. The number of fused-ring (bicyclic) bond motifs is 3. The van der Waals surface area contributed by atoms with Crippen molar-refractivity contribution in [2.75, 3.05) is 27.8 Å². The Balaban J connectivity index is 1.47. The Bertz CT molecular complexity index is 1880. The summed E-state index contributed by atoms with van der Waals surface area (Å²) in [7, 11) is 4.06. The zero-order chi connectivity index (χ0) is 41.8. The van der Waals surface area contributed by atoms with Crippen molar-refractivity contribution in [1.29, 1.82) is 0 Å². The maximum atomic E-state index is 14.3. The van der Waals surface area contributed by atoms with Crippen LogP contribution in [0, 0.1) is 40.9 Å². The molecule has 0 bridgehead atoms. The first-order valence-electron chi connectivity index (χ1n) is 18.2. The number of ether oxygens (including phenoxy) is 3. The van der Waals surface area contributed by atoms with Crippen LogP contribution in [0.15, 0.2) is 48.5 Å². The third kappa shape index (κ3) is 8.67. The van der Waals surface area contributed by atoms with Crippen LogP contribution in [0.25, 0.3) is 11.1 Å². The van der Waals surface area contributed by atoms with Crippen LogP contribution in [0.5, 0.6) is 5.75 Å². The molecule has 0 spiro atoms. The van der Waals surface area contributed by atoms with Gasteiger partial charge in [0.15, 0.2) is 0 Å². The highest BCUT2D eigenvalue weighted by Crippen LogP contribution is 2.44. The highest BCUT2D eigenvalue weighted by molar-refractivity contribution is 5.93. The first-order valence-corrected chi connectivity index (χ1v) is 18.2. The molecule has 2 unspecified atom stereocenters. The van der Waals surface area contributed by atoms with Crippen molar-refractivity contribution in [3.63, 3.8) is 0 Å². The first-order chi connectivity index (χ1) is 26.3. The Hall–Kier alpha value is -5.05. The molecule has 15 heteroatoms. The summed E-state index contributed by atoms with van der Waals surface area (Å²) < 4.78 is 85.5. The average Bonchev–Trinajstić information content (AvgIpc) is 3.50. The van der Waals surface area contributed by atoms with Crippen molar-refractivity contribution in [1.82, 2.24) is 15.1 Å². The van der Waals surface area contributed by atoms with Gasteiger partial charge in [-0.2, -0.15) is 8.78 Å². The van der Waals surface area contributed by atoms with E-state index in [0.717, 1.165) is 27.2 Å². The number of hydrogen-bond donors (Lipinski definition) is 1. The van der Waals surface area contributed by atoms with Gasteiger partial charge in [0, 0.05) is 27.1 Å². The Morgan fingerprint density at radius 3 is 1.80 bits per heavy atom. The molecule has 3 aromatic rings. The molecule has 1 aliphatic rings. The Kier molecular flexibility index (Phi) is 13.9. The van der Waals surface area contributed by atoms with E-state index in [1.54, 1.807) is 27.7 Å². The number of carbonyl (C=O) groups excluding carboxylic acids is 4. The van der Waals surface area contributed by atoms with Gasteiger partial charge in [-0.05, 0) is 47.9 Å². The second-order valence-electron chi connectivity index (χ2n) is 14.8. The summed E-state index contributed by atoms with van der Waals surface area (Å²) >= 11 is 0. The van der Waals surface area contributed by atoms with Crippen LogP contribution in [0.2, 0.25) is 0 Å². The van der Waals surface area contributed by atoms with Crippen molar-refractivity contribution in [3.8, 4) is 16.9 Å². The van der Waals surface area contributed by atoms with Crippen molar-refractivity contribution in [2.24, 2.45) is 11.8 Å². The first kappa shape index (κ1) is 43.7. The summed E-state index contributed by atoms with van der Waals surface area (Å²) in [5.41, 5.74) is 2.65. The van der Waals surface area contributed by atoms with E-state index < -0.39 is 94.8 Å². The average molecular weight is 790 g/mol. The van der Waals surface area contributed by atoms with Crippen molar-refractivity contribution in [2.45, 2.75) is 84.0 Å². The lowest BCUT2D eigenvalue weighted by molar-refractivity contribution is -0.147. The van der Waals surface area contributed by atoms with Gasteiger partial charge in [0.2, 0.25) is 46.6 Å². The van der Waals surface area contributed by atoms with Gasteiger partial charge in [0.25, 0.3) is 0 Å². The van der Waals surface area contributed by atoms with E-state index >= 15 is 0 Å². The quantitative estimate of drug-likeness (QED) is 0.0563. The van der Waals surface area contributed by atoms with Crippen LogP contribution < -0.4 is 10.1 Å². The Labute approximate surface area is 323 Å².